The van der Waals surface area contributed by atoms with Crippen molar-refractivity contribution in [3.05, 3.63) is 33.8 Å². The van der Waals surface area contributed by atoms with Gasteiger partial charge in [0.05, 0.1) is 23.7 Å². The molecule has 1 aromatic carbocycles. The zero-order chi connectivity index (χ0) is 18.8. The van der Waals surface area contributed by atoms with Gasteiger partial charge in [-0.05, 0) is 38.0 Å². The Morgan fingerprint density at radius 2 is 1.81 bits per heavy atom. The zero-order valence-corrected chi connectivity index (χ0v) is 16.0. The van der Waals surface area contributed by atoms with Crippen molar-refractivity contribution in [1.82, 2.24) is 9.80 Å². The molecule has 0 bridgehead atoms. The smallest absolute Gasteiger partial charge is 0.309 e. The number of hydrogen-bond donors (Lipinski definition) is 0. The summed E-state index contributed by atoms with van der Waals surface area (Å²) in [6.07, 6.45) is 1.05. The van der Waals surface area contributed by atoms with E-state index in [1.807, 2.05) is 0 Å². The number of halogens is 1. The van der Waals surface area contributed by atoms with E-state index in [0.29, 0.717) is 48.1 Å². The lowest BCUT2D eigenvalue weighted by Gasteiger charge is -2.31. The molecule has 3 rings (SSSR count). The third-order valence-corrected chi connectivity index (χ3v) is 5.19. The van der Waals surface area contributed by atoms with Gasteiger partial charge in [0.2, 0.25) is 5.91 Å². The average molecular weight is 423 g/mol. The number of carbonyl (C=O) groups is 4. The molecule has 3 amide bonds. The minimum atomic E-state index is -0.457. The Balaban J connectivity index is 1.60. The number of esters is 1. The molecule has 138 valence electrons. The minimum absolute atomic E-state index is 0.198. The molecule has 7 nitrogen and oxygen atoms in total. The predicted octanol–water partition coefficient (Wildman–Crippen LogP) is 1.85. The van der Waals surface area contributed by atoms with Crippen LogP contribution in [-0.4, -0.2) is 59.7 Å². The molecule has 0 unspecified atom stereocenters. The number of carbonyl (C=O) groups excluding carboxylic acids is 4. The van der Waals surface area contributed by atoms with Crippen molar-refractivity contribution in [3.8, 4) is 0 Å². The maximum absolute atomic E-state index is 12.5. The monoisotopic (exact) mass is 422 g/mol. The summed E-state index contributed by atoms with van der Waals surface area (Å²) in [5.74, 6) is -1.63. The molecule has 0 saturated carbocycles. The first-order chi connectivity index (χ1) is 12.4. The van der Waals surface area contributed by atoms with Gasteiger partial charge in [-0.2, -0.15) is 0 Å². The number of piperidine rings is 1. The molecule has 0 radical (unpaired) electrons. The van der Waals surface area contributed by atoms with E-state index < -0.39 is 11.8 Å². The Labute approximate surface area is 159 Å². The fourth-order valence-corrected chi connectivity index (χ4v) is 3.63. The van der Waals surface area contributed by atoms with Crippen molar-refractivity contribution in [2.75, 3.05) is 26.2 Å². The van der Waals surface area contributed by atoms with Crippen LogP contribution in [0.4, 0.5) is 0 Å². The van der Waals surface area contributed by atoms with E-state index in [0.717, 1.165) is 4.90 Å². The van der Waals surface area contributed by atoms with Crippen LogP contribution in [0.2, 0.25) is 0 Å². The maximum atomic E-state index is 12.5. The van der Waals surface area contributed by atoms with Crippen LogP contribution in [0.15, 0.2) is 22.7 Å². The number of benzene rings is 1. The molecule has 1 saturated heterocycles. The van der Waals surface area contributed by atoms with Gasteiger partial charge in [0.15, 0.2) is 0 Å². The van der Waals surface area contributed by atoms with E-state index in [2.05, 4.69) is 15.9 Å². The van der Waals surface area contributed by atoms with E-state index in [1.54, 1.807) is 30.0 Å². The van der Waals surface area contributed by atoms with E-state index in [1.165, 1.54) is 0 Å². The van der Waals surface area contributed by atoms with Crippen molar-refractivity contribution >= 4 is 39.6 Å². The zero-order valence-electron chi connectivity index (χ0n) is 14.4. The molecule has 0 aliphatic carbocycles. The van der Waals surface area contributed by atoms with Gasteiger partial charge in [0.25, 0.3) is 11.8 Å². The Morgan fingerprint density at radius 3 is 2.46 bits per heavy atom. The van der Waals surface area contributed by atoms with Gasteiger partial charge in [-0.15, -0.1) is 0 Å². The molecular formula is C18H19BrN2O5. The number of hydrogen-bond acceptors (Lipinski definition) is 5. The quantitative estimate of drug-likeness (QED) is 0.545. The second-order valence-electron chi connectivity index (χ2n) is 6.29. The van der Waals surface area contributed by atoms with Crippen LogP contribution in [0, 0.1) is 5.92 Å². The Kier molecular flexibility index (Phi) is 5.41. The lowest BCUT2D eigenvalue weighted by atomic mass is 9.97. The Hall–Kier alpha value is -2.22. The van der Waals surface area contributed by atoms with Gasteiger partial charge in [-0.25, -0.2) is 0 Å². The van der Waals surface area contributed by atoms with Crippen LogP contribution in [-0.2, 0) is 14.3 Å². The van der Waals surface area contributed by atoms with E-state index in [-0.39, 0.29) is 24.3 Å². The number of imide groups is 1. The summed E-state index contributed by atoms with van der Waals surface area (Å²) < 4.78 is 5.72. The van der Waals surface area contributed by atoms with Gasteiger partial charge in [0, 0.05) is 17.6 Å². The number of ether oxygens (including phenoxy) is 1. The SMILES string of the molecule is CCOC(=O)C1CCN(C(=O)CN2C(=O)c3ccc(Br)cc3C2=O)CC1. The summed E-state index contributed by atoms with van der Waals surface area (Å²) in [7, 11) is 0. The highest BCUT2D eigenvalue weighted by molar-refractivity contribution is 9.10. The standard InChI is InChI=1S/C18H19BrN2O5/c1-2-26-18(25)11-5-7-20(8-6-11)15(22)10-21-16(23)13-4-3-12(19)9-14(13)17(21)24/h3-4,9,11H,2,5-8,10H2,1H3. The molecule has 0 N–H and O–H groups in total. The molecule has 0 spiro atoms. The predicted molar refractivity (Wildman–Crippen MR) is 95.4 cm³/mol. The van der Waals surface area contributed by atoms with Crippen LogP contribution in [0.5, 0.6) is 0 Å². The second kappa shape index (κ2) is 7.57. The van der Waals surface area contributed by atoms with Crippen molar-refractivity contribution in [1.29, 1.82) is 0 Å². The largest absolute Gasteiger partial charge is 0.466 e. The average Bonchev–Trinajstić information content (AvgIpc) is 2.86. The summed E-state index contributed by atoms with van der Waals surface area (Å²) in [4.78, 5) is 51.7. The van der Waals surface area contributed by atoms with Crippen LogP contribution in [0.3, 0.4) is 0 Å². The van der Waals surface area contributed by atoms with Crippen molar-refractivity contribution in [3.63, 3.8) is 0 Å². The molecule has 2 aliphatic rings. The highest BCUT2D eigenvalue weighted by Crippen LogP contribution is 2.26. The molecule has 1 aromatic rings. The molecule has 0 atom stereocenters. The van der Waals surface area contributed by atoms with E-state index in [4.69, 9.17) is 4.74 Å². The molecule has 26 heavy (non-hydrogen) atoms. The lowest BCUT2D eigenvalue weighted by Crippen LogP contribution is -2.46. The van der Waals surface area contributed by atoms with Gasteiger partial charge >= 0.3 is 5.97 Å². The normalized spacial score (nSPS) is 17.5. The van der Waals surface area contributed by atoms with Crippen LogP contribution >= 0.6 is 15.9 Å². The van der Waals surface area contributed by atoms with Gasteiger partial charge < -0.3 is 9.64 Å². The first-order valence-corrected chi connectivity index (χ1v) is 9.31. The fraction of sp³-hybridized carbons (Fsp3) is 0.444. The minimum Gasteiger partial charge on any atom is -0.466 e. The Bertz CT molecular complexity index is 771. The van der Waals surface area contributed by atoms with Crippen molar-refractivity contribution in [2.24, 2.45) is 5.92 Å². The third-order valence-electron chi connectivity index (χ3n) is 4.69. The van der Waals surface area contributed by atoms with Gasteiger partial charge in [-0.3, -0.25) is 24.1 Å². The molecule has 2 heterocycles. The third kappa shape index (κ3) is 3.51. The number of amides is 3. The van der Waals surface area contributed by atoms with Crippen molar-refractivity contribution in [2.45, 2.75) is 19.8 Å². The molecule has 0 aromatic heterocycles. The van der Waals surface area contributed by atoms with Crippen LogP contribution < -0.4 is 0 Å². The first-order valence-electron chi connectivity index (χ1n) is 8.52. The maximum Gasteiger partial charge on any atom is 0.309 e. The number of rotatable bonds is 4. The number of nitrogens with zero attached hydrogens (tertiary/aromatic N) is 2. The van der Waals surface area contributed by atoms with Gasteiger partial charge in [-0.1, -0.05) is 15.9 Å². The molecule has 8 heteroatoms. The summed E-state index contributed by atoms with van der Waals surface area (Å²) in [5.41, 5.74) is 0.616. The molecule has 2 aliphatic heterocycles. The summed E-state index contributed by atoms with van der Waals surface area (Å²) in [6.45, 7) is 2.65. The van der Waals surface area contributed by atoms with Crippen LogP contribution in [0.25, 0.3) is 0 Å². The second-order valence-corrected chi connectivity index (χ2v) is 7.21. The lowest BCUT2D eigenvalue weighted by molar-refractivity contribution is -0.151. The topological polar surface area (TPSA) is 84.0 Å². The summed E-state index contributed by atoms with van der Waals surface area (Å²) in [6, 6.07) is 4.86. The highest BCUT2D eigenvalue weighted by atomic mass is 79.9. The fourth-order valence-electron chi connectivity index (χ4n) is 3.27. The van der Waals surface area contributed by atoms with E-state index >= 15 is 0 Å². The van der Waals surface area contributed by atoms with Crippen LogP contribution in [0.1, 0.15) is 40.5 Å². The Morgan fingerprint density at radius 1 is 1.15 bits per heavy atom. The molecule has 1 fully saturated rings. The van der Waals surface area contributed by atoms with Crippen molar-refractivity contribution < 1.29 is 23.9 Å². The molecular weight excluding hydrogens is 404 g/mol. The number of likely N-dealkylation sites (tertiary alicyclic amines) is 1. The van der Waals surface area contributed by atoms with Gasteiger partial charge in [0.1, 0.15) is 6.54 Å². The number of fused-ring (bicyclic) bond motifs is 1. The van der Waals surface area contributed by atoms with E-state index in [9.17, 15) is 19.2 Å². The summed E-state index contributed by atoms with van der Waals surface area (Å²) >= 11 is 3.28. The highest BCUT2D eigenvalue weighted by Gasteiger charge is 2.38. The first kappa shape index (κ1) is 18.6. The summed E-state index contributed by atoms with van der Waals surface area (Å²) in [5, 5.41) is 0.